The van der Waals surface area contributed by atoms with Crippen molar-refractivity contribution in [3.63, 3.8) is 0 Å². The molecule has 3 fully saturated rings. The van der Waals surface area contributed by atoms with Crippen LogP contribution < -0.4 is 0 Å². The molecule has 0 aliphatic heterocycles. The molecule has 4 rings (SSSR count). The zero-order valence-corrected chi connectivity index (χ0v) is 14.4. The van der Waals surface area contributed by atoms with Gasteiger partial charge < -0.3 is 4.74 Å². The standard InChI is InChI=1S/C20H30O2/c1-19-10-5-4-6-16(19)17(22-3)12-13-14-7-8-18(21)20(14,2)11-9-15(13)19/h13-15H,4-12H2,1-3H3/t13-,14-,15-,19+,20-/m0/s1. The largest absolute Gasteiger partial charge is 0.501 e. The van der Waals surface area contributed by atoms with E-state index in [9.17, 15) is 4.79 Å². The Morgan fingerprint density at radius 2 is 1.77 bits per heavy atom. The highest BCUT2D eigenvalue weighted by atomic mass is 16.5. The number of allylic oxidation sites excluding steroid dienone is 2. The molecular weight excluding hydrogens is 272 g/mol. The summed E-state index contributed by atoms with van der Waals surface area (Å²) in [4.78, 5) is 12.5. The Morgan fingerprint density at radius 3 is 2.55 bits per heavy atom. The third-order valence-corrected chi connectivity index (χ3v) is 8.03. The third kappa shape index (κ3) is 1.76. The molecule has 0 saturated heterocycles. The van der Waals surface area contributed by atoms with E-state index in [4.69, 9.17) is 4.74 Å². The van der Waals surface area contributed by atoms with Crippen molar-refractivity contribution in [2.24, 2.45) is 28.6 Å². The van der Waals surface area contributed by atoms with Crippen LogP contribution in [0.5, 0.6) is 0 Å². The van der Waals surface area contributed by atoms with Crippen LogP contribution in [-0.2, 0) is 9.53 Å². The second-order valence-corrected chi connectivity index (χ2v) is 8.73. The molecule has 0 aromatic carbocycles. The number of ether oxygens (including phenoxy) is 1. The predicted octanol–water partition coefficient (Wildman–Crippen LogP) is 4.88. The highest BCUT2D eigenvalue weighted by Gasteiger charge is 2.59. The Bertz CT molecular complexity index is 534. The predicted molar refractivity (Wildman–Crippen MR) is 87.3 cm³/mol. The molecule has 4 aliphatic carbocycles. The number of fused-ring (bicyclic) bond motifs is 5. The van der Waals surface area contributed by atoms with Crippen molar-refractivity contribution < 1.29 is 9.53 Å². The summed E-state index contributed by atoms with van der Waals surface area (Å²) in [5, 5.41) is 0. The summed E-state index contributed by atoms with van der Waals surface area (Å²) < 4.78 is 5.88. The van der Waals surface area contributed by atoms with E-state index in [-0.39, 0.29) is 5.41 Å². The monoisotopic (exact) mass is 302 g/mol. The van der Waals surface area contributed by atoms with Crippen molar-refractivity contribution in [1.82, 2.24) is 0 Å². The van der Waals surface area contributed by atoms with Gasteiger partial charge in [0.25, 0.3) is 0 Å². The molecule has 0 unspecified atom stereocenters. The summed E-state index contributed by atoms with van der Waals surface area (Å²) in [7, 11) is 1.86. The van der Waals surface area contributed by atoms with E-state index in [2.05, 4.69) is 13.8 Å². The second-order valence-electron chi connectivity index (χ2n) is 8.73. The number of rotatable bonds is 1. The van der Waals surface area contributed by atoms with Gasteiger partial charge in [-0.25, -0.2) is 0 Å². The van der Waals surface area contributed by atoms with E-state index in [0.717, 1.165) is 31.6 Å². The first-order chi connectivity index (χ1) is 10.5. The lowest BCUT2D eigenvalue weighted by molar-refractivity contribution is -0.132. The Labute approximate surface area is 134 Å². The third-order valence-electron chi connectivity index (χ3n) is 8.03. The van der Waals surface area contributed by atoms with Gasteiger partial charge in [-0.3, -0.25) is 4.79 Å². The first kappa shape index (κ1) is 14.8. The van der Waals surface area contributed by atoms with Crippen molar-refractivity contribution in [3.8, 4) is 0 Å². The van der Waals surface area contributed by atoms with E-state index < -0.39 is 0 Å². The van der Waals surface area contributed by atoms with Crippen molar-refractivity contribution >= 4 is 5.78 Å². The van der Waals surface area contributed by atoms with Gasteiger partial charge in [-0.05, 0) is 67.3 Å². The van der Waals surface area contributed by atoms with Gasteiger partial charge in [-0.1, -0.05) is 20.3 Å². The van der Waals surface area contributed by atoms with Gasteiger partial charge in [0.05, 0.1) is 12.9 Å². The molecule has 2 heteroatoms. The maximum Gasteiger partial charge on any atom is 0.139 e. The van der Waals surface area contributed by atoms with Crippen molar-refractivity contribution in [2.75, 3.05) is 7.11 Å². The van der Waals surface area contributed by atoms with Crippen LogP contribution in [0.25, 0.3) is 0 Å². The van der Waals surface area contributed by atoms with E-state index in [1.807, 2.05) is 7.11 Å². The number of carbonyl (C=O) groups excluding carboxylic acids is 1. The highest BCUT2D eigenvalue weighted by Crippen LogP contribution is 2.65. The van der Waals surface area contributed by atoms with Crippen LogP contribution in [0.1, 0.15) is 71.6 Å². The fraction of sp³-hybridized carbons (Fsp3) is 0.850. The fourth-order valence-electron chi connectivity index (χ4n) is 6.78. The fourth-order valence-corrected chi connectivity index (χ4v) is 6.78. The number of ketones is 1. The van der Waals surface area contributed by atoms with Crippen LogP contribution in [0, 0.1) is 28.6 Å². The molecule has 122 valence electrons. The van der Waals surface area contributed by atoms with Gasteiger partial charge in [-0.15, -0.1) is 0 Å². The maximum atomic E-state index is 12.5. The Morgan fingerprint density at radius 1 is 1.00 bits per heavy atom. The summed E-state index contributed by atoms with van der Waals surface area (Å²) in [6.07, 6.45) is 10.7. The lowest BCUT2D eigenvalue weighted by atomic mass is 9.48. The summed E-state index contributed by atoms with van der Waals surface area (Å²) in [6.45, 7) is 4.77. The molecule has 0 N–H and O–H groups in total. The number of Topliss-reactive ketones (excluding diaryl/α,β-unsaturated/α-hetero) is 1. The van der Waals surface area contributed by atoms with Crippen LogP contribution in [0.2, 0.25) is 0 Å². The number of hydrogen-bond donors (Lipinski definition) is 0. The van der Waals surface area contributed by atoms with E-state index in [1.165, 1.54) is 37.9 Å². The van der Waals surface area contributed by atoms with Gasteiger partial charge in [-0.2, -0.15) is 0 Å². The zero-order chi connectivity index (χ0) is 15.5. The number of hydrogen-bond acceptors (Lipinski definition) is 2. The highest BCUT2D eigenvalue weighted by molar-refractivity contribution is 5.87. The van der Waals surface area contributed by atoms with Crippen LogP contribution in [0.15, 0.2) is 11.3 Å². The van der Waals surface area contributed by atoms with E-state index >= 15 is 0 Å². The lowest BCUT2D eigenvalue weighted by Gasteiger charge is -2.57. The SMILES string of the molecule is COC1=C2CCCC[C@]2(C)[C@H]2CC[C@]3(C)C(=O)CC[C@H]3[C@@H]2C1. The molecule has 0 bridgehead atoms. The van der Waals surface area contributed by atoms with Gasteiger partial charge in [0.2, 0.25) is 0 Å². The molecule has 5 atom stereocenters. The molecule has 22 heavy (non-hydrogen) atoms. The smallest absolute Gasteiger partial charge is 0.139 e. The Kier molecular flexibility index (Phi) is 3.26. The van der Waals surface area contributed by atoms with Crippen molar-refractivity contribution in [1.29, 1.82) is 0 Å². The number of carbonyl (C=O) groups is 1. The second kappa shape index (κ2) is 4.85. The average molecular weight is 302 g/mol. The minimum Gasteiger partial charge on any atom is -0.501 e. The van der Waals surface area contributed by atoms with Gasteiger partial charge in [0.1, 0.15) is 5.78 Å². The van der Waals surface area contributed by atoms with E-state index in [0.29, 0.717) is 23.0 Å². The molecule has 0 heterocycles. The molecule has 4 aliphatic rings. The zero-order valence-electron chi connectivity index (χ0n) is 14.4. The molecule has 3 saturated carbocycles. The molecule has 0 radical (unpaired) electrons. The molecular formula is C20H30O2. The summed E-state index contributed by atoms with van der Waals surface area (Å²) >= 11 is 0. The quantitative estimate of drug-likeness (QED) is 0.690. The van der Waals surface area contributed by atoms with Crippen LogP contribution >= 0.6 is 0 Å². The summed E-state index contributed by atoms with van der Waals surface area (Å²) in [6, 6.07) is 0. The molecule has 0 spiro atoms. The number of methoxy groups -OCH3 is 1. The molecule has 0 amide bonds. The van der Waals surface area contributed by atoms with Crippen LogP contribution in [0.4, 0.5) is 0 Å². The molecule has 0 aromatic rings. The maximum absolute atomic E-state index is 12.5. The lowest BCUT2D eigenvalue weighted by Crippen LogP contribution is -2.50. The Hall–Kier alpha value is -0.790. The van der Waals surface area contributed by atoms with Gasteiger partial charge >= 0.3 is 0 Å². The molecule has 0 aromatic heterocycles. The average Bonchev–Trinajstić information content (AvgIpc) is 2.82. The first-order valence-electron chi connectivity index (χ1n) is 9.30. The van der Waals surface area contributed by atoms with Crippen LogP contribution in [-0.4, -0.2) is 12.9 Å². The summed E-state index contributed by atoms with van der Waals surface area (Å²) in [5.41, 5.74) is 1.96. The van der Waals surface area contributed by atoms with Crippen molar-refractivity contribution in [3.05, 3.63) is 11.3 Å². The minimum atomic E-state index is -0.0252. The van der Waals surface area contributed by atoms with Gasteiger partial charge in [0, 0.05) is 18.3 Å². The van der Waals surface area contributed by atoms with Crippen LogP contribution in [0.3, 0.4) is 0 Å². The topological polar surface area (TPSA) is 26.3 Å². The van der Waals surface area contributed by atoms with E-state index in [1.54, 1.807) is 5.57 Å². The Balaban J connectivity index is 1.76. The summed E-state index contributed by atoms with van der Waals surface area (Å²) in [5.74, 6) is 3.88. The first-order valence-corrected chi connectivity index (χ1v) is 9.30. The normalized spacial score (nSPS) is 47.8. The molecule has 2 nitrogen and oxygen atoms in total. The van der Waals surface area contributed by atoms with Gasteiger partial charge in [0.15, 0.2) is 0 Å². The van der Waals surface area contributed by atoms with Crippen molar-refractivity contribution in [2.45, 2.75) is 71.6 Å². The minimum absolute atomic E-state index is 0.0252.